The second-order valence-corrected chi connectivity index (χ2v) is 5.09. The first kappa shape index (κ1) is 11.8. The van der Waals surface area contributed by atoms with Gasteiger partial charge in [-0.05, 0) is 50.6 Å². The van der Waals surface area contributed by atoms with Gasteiger partial charge in [-0.3, -0.25) is 4.79 Å². The molecule has 0 amide bonds. The van der Waals surface area contributed by atoms with Crippen molar-refractivity contribution in [3.63, 3.8) is 0 Å². The van der Waals surface area contributed by atoms with E-state index in [4.69, 9.17) is 0 Å². The van der Waals surface area contributed by atoms with Crippen LogP contribution in [0.25, 0.3) is 0 Å². The second kappa shape index (κ2) is 6.19. The van der Waals surface area contributed by atoms with E-state index in [2.05, 4.69) is 11.4 Å². The highest BCUT2D eigenvalue weighted by molar-refractivity contribution is 5.97. The van der Waals surface area contributed by atoms with E-state index in [0.29, 0.717) is 5.78 Å². The zero-order valence-corrected chi connectivity index (χ0v) is 10.1. The Bertz CT molecular complexity index is 264. The first-order valence-electron chi connectivity index (χ1n) is 6.82. The van der Waals surface area contributed by atoms with Gasteiger partial charge in [-0.25, -0.2) is 0 Å². The van der Waals surface area contributed by atoms with Crippen LogP contribution >= 0.6 is 0 Å². The van der Waals surface area contributed by atoms with Crippen LogP contribution in [-0.2, 0) is 4.79 Å². The van der Waals surface area contributed by atoms with Gasteiger partial charge < -0.3 is 5.32 Å². The molecule has 2 rings (SSSR count). The summed E-state index contributed by atoms with van der Waals surface area (Å²) in [6, 6.07) is 0. The van der Waals surface area contributed by atoms with Crippen molar-refractivity contribution in [3.8, 4) is 0 Å². The molecule has 1 fully saturated rings. The molecule has 1 unspecified atom stereocenters. The average Bonchev–Trinajstić information content (AvgIpc) is 2.29. The molecule has 0 bridgehead atoms. The maximum atomic E-state index is 12.3. The Morgan fingerprint density at radius 3 is 2.88 bits per heavy atom. The lowest BCUT2D eigenvalue weighted by atomic mass is 9.87. The lowest BCUT2D eigenvalue weighted by Gasteiger charge is -2.23. The monoisotopic (exact) mass is 221 g/mol. The number of allylic oxidation sites excluding steroid dienone is 2. The molecular formula is C14H23NO. The Morgan fingerprint density at radius 1 is 1.19 bits per heavy atom. The molecule has 16 heavy (non-hydrogen) atoms. The Labute approximate surface area is 98.5 Å². The van der Waals surface area contributed by atoms with Crippen LogP contribution in [0.5, 0.6) is 0 Å². The van der Waals surface area contributed by atoms with E-state index >= 15 is 0 Å². The van der Waals surface area contributed by atoms with E-state index in [1.54, 1.807) is 0 Å². The van der Waals surface area contributed by atoms with Gasteiger partial charge in [-0.15, -0.1) is 0 Å². The smallest absolute Gasteiger partial charge is 0.162 e. The maximum Gasteiger partial charge on any atom is 0.162 e. The molecule has 90 valence electrons. The minimum absolute atomic E-state index is 0.263. The van der Waals surface area contributed by atoms with Crippen LogP contribution in [0, 0.1) is 5.92 Å². The molecule has 1 aliphatic heterocycles. The fourth-order valence-corrected chi connectivity index (χ4v) is 2.75. The van der Waals surface area contributed by atoms with E-state index in [-0.39, 0.29) is 5.92 Å². The van der Waals surface area contributed by atoms with Crippen molar-refractivity contribution in [1.29, 1.82) is 0 Å². The summed E-state index contributed by atoms with van der Waals surface area (Å²) < 4.78 is 0. The lowest BCUT2D eigenvalue weighted by Crippen LogP contribution is -2.35. The third-order valence-corrected chi connectivity index (χ3v) is 3.78. The van der Waals surface area contributed by atoms with Gasteiger partial charge in [0.1, 0.15) is 0 Å². The predicted octanol–water partition coefficient (Wildman–Crippen LogP) is 2.84. The third kappa shape index (κ3) is 3.18. The van der Waals surface area contributed by atoms with Crippen LogP contribution in [0.4, 0.5) is 0 Å². The number of Topliss-reactive ketones (excluding diaryl/α,β-unsaturated/α-hetero) is 1. The zero-order valence-electron chi connectivity index (χ0n) is 10.1. The summed E-state index contributed by atoms with van der Waals surface area (Å²) in [5, 5.41) is 3.33. The molecule has 0 aromatic rings. The van der Waals surface area contributed by atoms with Crippen LogP contribution in [0.1, 0.15) is 51.4 Å². The van der Waals surface area contributed by atoms with Gasteiger partial charge in [0.25, 0.3) is 0 Å². The first-order valence-corrected chi connectivity index (χ1v) is 6.82. The largest absolute Gasteiger partial charge is 0.316 e. The van der Waals surface area contributed by atoms with Gasteiger partial charge in [0, 0.05) is 12.5 Å². The molecule has 1 saturated heterocycles. The number of hydrogen-bond donors (Lipinski definition) is 1. The van der Waals surface area contributed by atoms with Crippen molar-refractivity contribution in [2.45, 2.75) is 51.4 Å². The maximum absolute atomic E-state index is 12.3. The zero-order chi connectivity index (χ0) is 11.2. The van der Waals surface area contributed by atoms with Crippen molar-refractivity contribution in [2.75, 3.05) is 13.1 Å². The number of piperidine rings is 1. The molecule has 0 spiro atoms. The number of carbonyl (C=O) groups excluding carboxylic acids is 1. The molecule has 1 atom stereocenters. The summed E-state index contributed by atoms with van der Waals surface area (Å²) in [7, 11) is 0. The molecule has 2 aliphatic rings. The molecular weight excluding hydrogens is 198 g/mol. The Balaban J connectivity index is 1.95. The van der Waals surface area contributed by atoms with Crippen LogP contribution in [0.2, 0.25) is 0 Å². The quantitative estimate of drug-likeness (QED) is 0.777. The standard InChI is InChI=1S/C14H23NO/c16-14(13-9-6-10-15-11-13)12-7-4-2-1-3-5-8-12/h7,13,15H,1-6,8-11H2. The molecule has 0 aromatic carbocycles. The van der Waals surface area contributed by atoms with E-state index in [0.717, 1.165) is 44.3 Å². The van der Waals surface area contributed by atoms with E-state index in [1.165, 1.54) is 25.7 Å². The van der Waals surface area contributed by atoms with Gasteiger partial charge in [0.05, 0.1) is 0 Å². The van der Waals surface area contributed by atoms with Gasteiger partial charge in [0.15, 0.2) is 5.78 Å². The fraction of sp³-hybridized carbons (Fsp3) is 0.786. The summed E-state index contributed by atoms with van der Waals surface area (Å²) >= 11 is 0. The average molecular weight is 221 g/mol. The third-order valence-electron chi connectivity index (χ3n) is 3.78. The summed E-state index contributed by atoms with van der Waals surface area (Å²) in [6.45, 7) is 1.99. The predicted molar refractivity (Wildman–Crippen MR) is 66.4 cm³/mol. The SMILES string of the molecule is O=C(C1=CCCCCCC1)C1CCCNC1. The molecule has 2 nitrogen and oxygen atoms in total. The summed E-state index contributed by atoms with van der Waals surface area (Å²) in [6.07, 6.45) is 11.7. The van der Waals surface area contributed by atoms with E-state index in [1.807, 2.05) is 0 Å². The molecule has 2 heteroatoms. The molecule has 0 saturated carbocycles. The van der Waals surface area contributed by atoms with Crippen LogP contribution in [0.15, 0.2) is 11.6 Å². The second-order valence-electron chi connectivity index (χ2n) is 5.09. The van der Waals surface area contributed by atoms with Crippen molar-refractivity contribution in [2.24, 2.45) is 5.92 Å². The van der Waals surface area contributed by atoms with Crippen molar-refractivity contribution < 1.29 is 4.79 Å². The molecule has 1 heterocycles. The van der Waals surface area contributed by atoms with Gasteiger partial charge >= 0.3 is 0 Å². The van der Waals surface area contributed by atoms with Crippen LogP contribution < -0.4 is 5.32 Å². The number of carbonyl (C=O) groups is 1. The Kier molecular flexibility index (Phi) is 4.58. The number of ketones is 1. The number of hydrogen-bond acceptors (Lipinski definition) is 2. The van der Waals surface area contributed by atoms with E-state index in [9.17, 15) is 4.79 Å². The fourth-order valence-electron chi connectivity index (χ4n) is 2.75. The summed E-state index contributed by atoms with van der Waals surface area (Å²) in [5.41, 5.74) is 1.13. The topological polar surface area (TPSA) is 29.1 Å². The highest BCUT2D eigenvalue weighted by atomic mass is 16.1. The highest BCUT2D eigenvalue weighted by Crippen LogP contribution is 2.22. The van der Waals surface area contributed by atoms with Crippen LogP contribution in [-0.4, -0.2) is 18.9 Å². The van der Waals surface area contributed by atoms with E-state index < -0.39 is 0 Å². The lowest BCUT2D eigenvalue weighted by molar-refractivity contribution is -0.119. The first-order chi connectivity index (χ1) is 7.88. The van der Waals surface area contributed by atoms with Gasteiger partial charge in [0.2, 0.25) is 0 Å². The van der Waals surface area contributed by atoms with Crippen molar-refractivity contribution in [3.05, 3.63) is 11.6 Å². The minimum atomic E-state index is 0.263. The summed E-state index contributed by atoms with van der Waals surface area (Å²) in [4.78, 5) is 12.3. The summed E-state index contributed by atoms with van der Waals surface area (Å²) in [5.74, 6) is 0.702. The normalized spacial score (nSPS) is 27.8. The number of rotatable bonds is 2. The van der Waals surface area contributed by atoms with Crippen LogP contribution in [0.3, 0.4) is 0 Å². The molecule has 0 aromatic heterocycles. The van der Waals surface area contributed by atoms with Gasteiger partial charge in [-0.2, -0.15) is 0 Å². The van der Waals surface area contributed by atoms with Gasteiger partial charge in [-0.1, -0.05) is 18.9 Å². The van der Waals surface area contributed by atoms with Crippen molar-refractivity contribution >= 4 is 5.78 Å². The van der Waals surface area contributed by atoms with Crippen molar-refractivity contribution in [1.82, 2.24) is 5.32 Å². The molecule has 1 aliphatic carbocycles. The molecule has 0 radical (unpaired) electrons. The minimum Gasteiger partial charge on any atom is -0.316 e. The Hall–Kier alpha value is -0.630. The Morgan fingerprint density at radius 2 is 2.06 bits per heavy atom. The molecule has 1 N–H and O–H groups in total. The highest BCUT2D eigenvalue weighted by Gasteiger charge is 2.23. The number of nitrogens with one attached hydrogen (secondary N) is 1.